The van der Waals surface area contributed by atoms with Gasteiger partial charge in [-0.2, -0.15) is 0 Å². The van der Waals surface area contributed by atoms with Crippen LogP contribution in [0, 0.1) is 6.92 Å². The van der Waals surface area contributed by atoms with E-state index in [-0.39, 0.29) is 17.9 Å². The van der Waals surface area contributed by atoms with Crippen LogP contribution >= 0.6 is 11.3 Å². The van der Waals surface area contributed by atoms with E-state index in [2.05, 4.69) is 10.3 Å². The largest absolute Gasteiger partial charge is 0.460 e. The summed E-state index contributed by atoms with van der Waals surface area (Å²) in [7, 11) is 3.25. The number of hydrogen-bond acceptors (Lipinski definition) is 7. The second-order valence-electron chi connectivity index (χ2n) is 8.26. The van der Waals surface area contributed by atoms with Gasteiger partial charge in [0.15, 0.2) is 0 Å². The molecule has 4 heterocycles. The molecule has 4 aromatic rings. The Morgan fingerprint density at radius 2 is 2.15 bits per heavy atom. The van der Waals surface area contributed by atoms with Crippen LogP contribution in [0.5, 0.6) is 11.5 Å². The number of furan rings is 1. The number of aromatic nitrogens is 1. The third-order valence-corrected chi connectivity index (χ3v) is 7.23. The van der Waals surface area contributed by atoms with Gasteiger partial charge in [-0.15, -0.1) is 11.3 Å². The highest BCUT2D eigenvalue weighted by molar-refractivity contribution is 7.21. The fraction of sp³-hybridized carbons (Fsp3) is 0.320. The number of pyridine rings is 1. The number of carbonyl (C=O) groups is 2. The number of benzene rings is 1. The van der Waals surface area contributed by atoms with Gasteiger partial charge < -0.3 is 24.1 Å². The predicted molar refractivity (Wildman–Crippen MR) is 130 cm³/mol. The predicted octanol–water partition coefficient (Wildman–Crippen LogP) is 4.75. The third kappa shape index (κ3) is 3.91. The van der Waals surface area contributed by atoms with Gasteiger partial charge in [-0.1, -0.05) is 0 Å². The van der Waals surface area contributed by atoms with Crippen LogP contribution in [-0.2, 0) is 4.74 Å². The van der Waals surface area contributed by atoms with Crippen molar-refractivity contribution in [1.29, 1.82) is 0 Å². The molecule has 0 aliphatic carbocycles. The molecule has 1 aliphatic rings. The lowest BCUT2D eigenvalue weighted by Gasteiger charge is -2.23. The number of aryl methyl sites for hydroxylation is 1. The molecule has 34 heavy (non-hydrogen) atoms. The van der Waals surface area contributed by atoms with Gasteiger partial charge in [0, 0.05) is 44.4 Å². The molecule has 8 nitrogen and oxygen atoms in total. The molecule has 1 aromatic carbocycles. The van der Waals surface area contributed by atoms with E-state index < -0.39 is 0 Å². The van der Waals surface area contributed by atoms with Crippen LogP contribution in [-0.4, -0.2) is 55.0 Å². The van der Waals surface area contributed by atoms with Crippen molar-refractivity contribution in [2.75, 3.05) is 27.3 Å². The van der Waals surface area contributed by atoms with Gasteiger partial charge in [0.25, 0.3) is 11.8 Å². The van der Waals surface area contributed by atoms with Crippen molar-refractivity contribution in [3.05, 3.63) is 52.7 Å². The molecule has 1 N–H and O–H groups in total. The molecule has 0 radical (unpaired) electrons. The number of nitrogens with zero attached hydrogens (tertiary/aromatic N) is 2. The summed E-state index contributed by atoms with van der Waals surface area (Å²) in [6.45, 7) is 3.04. The van der Waals surface area contributed by atoms with Crippen molar-refractivity contribution in [3.63, 3.8) is 0 Å². The fourth-order valence-electron chi connectivity index (χ4n) is 4.51. The van der Waals surface area contributed by atoms with E-state index in [0.29, 0.717) is 45.4 Å². The average Bonchev–Trinajstić information content (AvgIpc) is 3.55. The zero-order valence-electron chi connectivity index (χ0n) is 19.2. The molecule has 1 fully saturated rings. The number of hydrogen-bond donors (Lipinski definition) is 1. The summed E-state index contributed by atoms with van der Waals surface area (Å²) >= 11 is 1.38. The molecule has 3 aromatic heterocycles. The van der Waals surface area contributed by atoms with Crippen LogP contribution in [0.3, 0.4) is 0 Å². The first-order valence-electron chi connectivity index (χ1n) is 11.1. The standard InChI is InChI=1S/C25H25N3O5S/c1-14-22(24(29)26-2)17-7-6-16(11-20(17)32-14)33-19-8-9-27-18-12-21(34-23(18)19)25(30)28-10-4-5-15(28)13-31-3/h6-9,11-12,15H,4-5,10,13H2,1-3H3,(H,26,29). The van der Waals surface area contributed by atoms with E-state index >= 15 is 0 Å². The molecule has 1 saturated heterocycles. The van der Waals surface area contributed by atoms with Gasteiger partial charge in [0.2, 0.25) is 0 Å². The van der Waals surface area contributed by atoms with Crippen molar-refractivity contribution >= 4 is 44.3 Å². The summed E-state index contributed by atoms with van der Waals surface area (Å²) in [6, 6.07) is 9.09. The summed E-state index contributed by atoms with van der Waals surface area (Å²) in [4.78, 5) is 32.4. The topological polar surface area (TPSA) is 93.9 Å². The van der Waals surface area contributed by atoms with Crippen LogP contribution in [0.15, 0.2) is 40.9 Å². The van der Waals surface area contributed by atoms with Gasteiger partial charge in [-0.05, 0) is 38.0 Å². The lowest BCUT2D eigenvalue weighted by atomic mass is 10.1. The molecule has 0 bridgehead atoms. The van der Waals surface area contributed by atoms with Gasteiger partial charge >= 0.3 is 0 Å². The second-order valence-corrected chi connectivity index (χ2v) is 9.31. The summed E-state index contributed by atoms with van der Waals surface area (Å²) in [6.07, 6.45) is 3.60. The number of methoxy groups -OCH3 is 1. The Morgan fingerprint density at radius 1 is 1.29 bits per heavy atom. The Balaban J connectivity index is 1.45. The van der Waals surface area contributed by atoms with E-state index in [1.807, 2.05) is 17.0 Å². The second kappa shape index (κ2) is 9.08. The Hall–Kier alpha value is -3.43. The van der Waals surface area contributed by atoms with E-state index in [4.69, 9.17) is 13.9 Å². The number of thiophene rings is 1. The maximum atomic E-state index is 13.2. The Bertz CT molecular complexity index is 1390. The summed E-state index contributed by atoms with van der Waals surface area (Å²) < 4.78 is 18.1. The maximum Gasteiger partial charge on any atom is 0.264 e. The number of likely N-dealkylation sites (tertiary alicyclic amines) is 1. The molecule has 9 heteroatoms. The number of amides is 2. The van der Waals surface area contributed by atoms with E-state index in [1.165, 1.54) is 11.3 Å². The molecule has 0 saturated carbocycles. The van der Waals surface area contributed by atoms with Gasteiger partial charge in [0.05, 0.1) is 33.3 Å². The monoisotopic (exact) mass is 479 g/mol. The first kappa shape index (κ1) is 22.4. The Kier molecular flexibility index (Phi) is 5.97. The van der Waals surface area contributed by atoms with Crippen molar-refractivity contribution < 1.29 is 23.5 Å². The minimum Gasteiger partial charge on any atom is -0.460 e. The van der Waals surface area contributed by atoms with Crippen molar-refractivity contribution in [2.45, 2.75) is 25.8 Å². The molecule has 1 atom stereocenters. The summed E-state index contributed by atoms with van der Waals surface area (Å²) in [5.74, 6) is 1.54. The highest BCUT2D eigenvalue weighted by Crippen LogP contribution is 2.37. The normalized spacial score (nSPS) is 15.9. The smallest absolute Gasteiger partial charge is 0.264 e. The molecular weight excluding hydrogens is 454 g/mol. The summed E-state index contributed by atoms with van der Waals surface area (Å²) in [5.41, 5.74) is 1.80. The minimum absolute atomic E-state index is 0.00251. The molecule has 1 aliphatic heterocycles. The molecule has 0 spiro atoms. The minimum atomic E-state index is -0.192. The van der Waals surface area contributed by atoms with Crippen molar-refractivity contribution in [3.8, 4) is 11.5 Å². The molecular formula is C25H25N3O5S. The van der Waals surface area contributed by atoms with Gasteiger partial charge in [-0.25, -0.2) is 0 Å². The third-order valence-electron chi connectivity index (χ3n) is 6.10. The van der Waals surface area contributed by atoms with Crippen molar-refractivity contribution in [1.82, 2.24) is 15.2 Å². The summed E-state index contributed by atoms with van der Waals surface area (Å²) in [5, 5.41) is 3.37. The van der Waals surface area contributed by atoms with Gasteiger partial charge in [0.1, 0.15) is 22.8 Å². The molecule has 5 rings (SSSR count). The number of ether oxygens (including phenoxy) is 2. The Morgan fingerprint density at radius 3 is 2.94 bits per heavy atom. The molecule has 1 unspecified atom stereocenters. The van der Waals surface area contributed by atoms with E-state index in [9.17, 15) is 9.59 Å². The van der Waals surface area contributed by atoms with E-state index in [0.717, 1.165) is 29.5 Å². The van der Waals surface area contributed by atoms with Crippen LogP contribution < -0.4 is 10.1 Å². The Labute approximate surface area is 200 Å². The number of nitrogens with one attached hydrogen (secondary N) is 1. The highest BCUT2D eigenvalue weighted by Gasteiger charge is 2.30. The lowest BCUT2D eigenvalue weighted by molar-refractivity contribution is 0.0635. The quantitative estimate of drug-likeness (QED) is 0.429. The first-order valence-corrected chi connectivity index (χ1v) is 11.9. The van der Waals surface area contributed by atoms with Crippen molar-refractivity contribution in [2.24, 2.45) is 0 Å². The van der Waals surface area contributed by atoms with Crippen LogP contribution in [0.25, 0.3) is 21.2 Å². The number of rotatable bonds is 6. The van der Waals surface area contributed by atoms with Crippen LogP contribution in [0.1, 0.15) is 38.6 Å². The maximum absolute atomic E-state index is 13.2. The highest BCUT2D eigenvalue weighted by atomic mass is 32.1. The first-order chi connectivity index (χ1) is 16.5. The molecule has 176 valence electrons. The van der Waals surface area contributed by atoms with E-state index in [1.54, 1.807) is 45.5 Å². The zero-order chi connectivity index (χ0) is 23.8. The SMILES string of the molecule is CNC(=O)c1c(C)oc2cc(Oc3ccnc4cc(C(=O)N5CCCC5COC)sc34)ccc12. The van der Waals surface area contributed by atoms with Crippen LogP contribution in [0.4, 0.5) is 0 Å². The van der Waals surface area contributed by atoms with Gasteiger partial charge in [-0.3, -0.25) is 14.6 Å². The average molecular weight is 480 g/mol. The fourth-order valence-corrected chi connectivity index (χ4v) is 5.53. The lowest BCUT2D eigenvalue weighted by Crippen LogP contribution is -2.37. The van der Waals surface area contributed by atoms with Crippen LogP contribution in [0.2, 0.25) is 0 Å². The number of carbonyl (C=O) groups excluding carboxylic acids is 2. The molecule has 2 amide bonds. The number of fused-ring (bicyclic) bond motifs is 2. The zero-order valence-corrected chi connectivity index (χ0v) is 20.0.